The van der Waals surface area contributed by atoms with Crippen LogP contribution in [0.2, 0.25) is 0 Å². The van der Waals surface area contributed by atoms with Crippen molar-refractivity contribution in [1.29, 1.82) is 0 Å². The van der Waals surface area contributed by atoms with E-state index >= 15 is 0 Å². The number of aryl methyl sites for hydroxylation is 1. The van der Waals surface area contributed by atoms with Crippen molar-refractivity contribution in [3.05, 3.63) is 54.1 Å². The van der Waals surface area contributed by atoms with E-state index in [2.05, 4.69) is 49.4 Å². The summed E-state index contributed by atoms with van der Waals surface area (Å²) in [6.07, 6.45) is 14.2. The van der Waals surface area contributed by atoms with Crippen molar-refractivity contribution < 1.29 is 19.5 Å². The van der Waals surface area contributed by atoms with Gasteiger partial charge < -0.3 is 0 Å². The fraction of sp³-hybridized carbons (Fsp3) is 0.357. The Balaban J connectivity index is 0.000000245. The number of allylic oxidation sites excluding steroid dienone is 4. The van der Waals surface area contributed by atoms with Crippen LogP contribution in [0.25, 0.3) is 0 Å². The summed E-state index contributed by atoms with van der Waals surface area (Å²) in [5, 5.41) is 0. The quantitative estimate of drug-likeness (QED) is 0.540. The molecule has 0 saturated carbocycles. The summed E-state index contributed by atoms with van der Waals surface area (Å²) in [4.78, 5) is 0. The molecule has 1 aliphatic rings. The fourth-order valence-corrected chi connectivity index (χ4v) is 1.29. The van der Waals surface area contributed by atoms with E-state index in [1.165, 1.54) is 18.4 Å². The van der Waals surface area contributed by atoms with Gasteiger partial charge in [0.15, 0.2) is 0 Å². The third kappa shape index (κ3) is 7.39. The van der Waals surface area contributed by atoms with Crippen LogP contribution >= 0.6 is 0 Å². The number of rotatable bonds is 1. The molecule has 0 atom stereocenters. The summed E-state index contributed by atoms with van der Waals surface area (Å²) in [5.41, 5.74) is 1.43. The van der Waals surface area contributed by atoms with Crippen LogP contribution < -0.4 is 0 Å². The Labute approximate surface area is 106 Å². The van der Waals surface area contributed by atoms with Crippen molar-refractivity contribution in [3.63, 3.8) is 0 Å². The van der Waals surface area contributed by atoms with Crippen LogP contribution in [0, 0.1) is 6.08 Å². The Morgan fingerprint density at radius 3 is 2.60 bits per heavy atom. The molecule has 15 heavy (non-hydrogen) atoms. The normalized spacial score (nSPS) is 13.4. The minimum Gasteiger partial charge on any atom is -0.275 e. The third-order valence-corrected chi connectivity index (χ3v) is 2.18. The molecule has 1 aliphatic carbocycles. The summed E-state index contributed by atoms with van der Waals surface area (Å²) in [7, 11) is 0. The van der Waals surface area contributed by atoms with Crippen LogP contribution in [-0.4, -0.2) is 0 Å². The van der Waals surface area contributed by atoms with Gasteiger partial charge in [-0.2, -0.15) is 23.8 Å². The molecule has 0 spiro atoms. The van der Waals surface area contributed by atoms with Crippen molar-refractivity contribution in [2.24, 2.45) is 0 Å². The molecule has 2 rings (SSSR count). The van der Waals surface area contributed by atoms with Crippen LogP contribution in [0.4, 0.5) is 0 Å². The third-order valence-electron chi connectivity index (χ3n) is 2.18. The van der Waals surface area contributed by atoms with Crippen LogP contribution in [0.3, 0.4) is 0 Å². The van der Waals surface area contributed by atoms with Crippen LogP contribution in [-0.2, 0) is 25.9 Å². The van der Waals surface area contributed by atoms with E-state index in [4.69, 9.17) is 0 Å². The van der Waals surface area contributed by atoms with Gasteiger partial charge in [-0.15, -0.1) is 6.42 Å². The molecule has 1 heteroatoms. The van der Waals surface area contributed by atoms with Crippen molar-refractivity contribution in [2.45, 2.75) is 32.6 Å². The topological polar surface area (TPSA) is 0 Å². The molecule has 0 heterocycles. The van der Waals surface area contributed by atoms with Crippen molar-refractivity contribution >= 4 is 0 Å². The van der Waals surface area contributed by atoms with Gasteiger partial charge in [0, 0.05) is 0 Å². The maximum Gasteiger partial charge on any atom is 2.00 e. The van der Waals surface area contributed by atoms with Gasteiger partial charge in [0.2, 0.25) is 0 Å². The minimum atomic E-state index is 0. The molecule has 0 aliphatic heterocycles. The molecule has 0 N–H and O–H groups in total. The van der Waals surface area contributed by atoms with Gasteiger partial charge in [-0.3, -0.25) is 6.08 Å². The van der Waals surface area contributed by atoms with E-state index in [0.717, 1.165) is 12.8 Å². The van der Waals surface area contributed by atoms with Crippen LogP contribution in [0.5, 0.6) is 0 Å². The first-order valence-corrected chi connectivity index (χ1v) is 5.36. The second-order valence-corrected chi connectivity index (χ2v) is 3.34. The first-order valence-electron chi connectivity index (χ1n) is 5.36. The number of hydrogen-bond donors (Lipinski definition) is 0. The molecule has 0 amide bonds. The van der Waals surface area contributed by atoms with Gasteiger partial charge in [-0.1, -0.05) is 26.2 Å². The minimum absolute atomic E-state index is 0. The summed E-state index contributed by atoms with van der Waals surface area (Å²) in [5.74, 6) is 0. The SMILES string of the molecule is CC[c-]1cccc1.[C-]1=CC=CCCC1.[Ru+2]. The predicted octanol–water partition coefficient (Wildman–Crippen LogP) is 4.05. The maximum atomic E-state index is 3.14. The van der Waals surface area contributed by atoms with Crippen LogP contribution in [0.1, 0.15) is 31.7 Å². The zero-order valence-corrected chi connectivity index (χ0v) is 11.0. The Kier molecular flexibility index (Phi) is 9.62. The monoisotopic (exact) mass is 288 g/mol. The van der Waals surface area contributed by atoms with E-state index in [9.17, 15) is 0 Å². The zero-order chi connectivity index (χ0) is 10.1. The summed E-state index contributed by atoms with van der Waals surface area (Å²) in [6.45, 7) is 2.16. The van der Waals surface area contributed by atoms with E-state index in [1.807, 2.05) is 6.08 Å². The Hall–Kier alpha value is -0.547. The number of hydrogen-bond acceptors (Lipinski definition) is 0. The molecule has 0 radical (unpaired) electrons. The van der Waals surface area contributed by atoms with Gasteiger partial charge in [-0.25, -0.2) is 24.3 Å². The molecule has 0 unspecified atom stereocenters. The zero-order valence-electron chi connectivity index (χ0n) is 9.22. The molecular weight excluding hydrogens is 269 g/mol. The largest absolute Gasteiger partial charge is 2.00 e. The van der Waals surface area contributed by atoms with Crippen molar-refractivity contribution in [3.8, 4) is 0 Å². The van der Waals surface area contributed by atoms with E-state index in [-0.39, 0.29) is 19.5 Å². The average molecular weight is 287 g/mol. The smallest absolute Gasteiger partial charge is 0.275 e. The molecule has 82 valence electrons. The van der Waals surface area contributed by atoms with E-state index < -0.39 is 0 Å². The molecule has 0 fully saturated rings. The first-order chi connectivity index (χ1) is 6.93. The van der Waals surface area contributed by atoms with Gasteiger partial charge >= 0.3 is 19.5 Å². The summed E-state index contributed by atoms with van der Waals surface area (Å²) in [6, 6.07) is 8.41. The molecule has 1 aromatic rings. The fourth-order valence-electron chi connectivity index (χ4n) is 1.29. The molecule has 1 aromatic carbocycles. The van der Waals surface area contributed by atoms with Crippen LogP contribution in [0.15, 0.2) is 42.5 Å². The van der Waals surface area contributed by atoms with Gasteiger partial charge in [0.05, 0.1) is 0 Å². The second kappa shape index (κ2) is 9.99. The molecule has 0 nitrogen and oxygen atoms in total. The average Bonchev–Trinajstić information content (AvgIpc) is 2.58. The Bertz CT molecular complexity index is 256. The Morgan fingerprint density at radius 1 is 1.27 bits per heavy atom. The van der Waals surface area contributed by atoms with E-state index in [1.54, 1.807) is 0 Å². The summed E-state index contributed by atoms with van der Waals surface area (Å²) < 4.78 is 0. The van der Waals surface area contributed by atoms with E-state index in [0.29, 0.717) is 0 Å². The standard InChI is InChI=1S/2C7H9.Ru/c1-2-7-5-3-4-6-7;1-2-4-6-7-5-3-1;/h3-6H,2H2,1H3;1-3H,4,6-7H2;/q2*-1;+2. The predicted molar refractivity (Wildman–Crippen MR) is 62.2 cm³/mol. The maximum absolute atomic E-state index is 3.14. The molecular formula is C14H18Ru. The van der Waals surface area contributed by atoms with Gasteiger partial charge in [-0.05, 0) is 0 Å². The molecule has 0 aromatic heterocycles. The van der Waals surface area contributed by atoms with Crippen molar-refractivity contribution in [2.75, 3.05) is 0 Å². The Morgan fingerprint density at radius 2 is 2.00 bits per heavy atom. The second-order valence-electron chi connectivity index (χ2n) is 3.34. The van der Waals surface area contributed by atoms with Crippen molar-refractivity contribution in [1.82, 2.24) is 0 Å². The summed E-state index contributed by atoms with van der Waals surface area (Å²) >= 11 is 0. The first kappa shape index (κ1) is 14.5. The van der Waals surface area contributed by atoms with Gasteiger partial charge in [0.25, 0.3) is 0 Å². The molecule has 0 saturated heterocycles. The molecule has 0 bridgehead atoms. The van der Waals surface area contributed by atoms with Gasteiger partial charge in [0.1, 0.15) is 0 Å².